The van der Waals surface area contributed by atoms with Gasteiger partial charge in [-0.15, -0.1) is 10.2 Å². The Morgan fingerprint density at radius 2 is 1.79 bits per heavy atom. The molecule has 122 valence electrons. The fourth-order valence-corrected chi connectivity index (χ4v) is 2.24. The summed E-state index contributed by atoms with van der Waals surface area (Å²) in [5.74, 6) is 6.69. The van der Waals surface area contributed by atoms with E-state index in [9.17, 15) is 5.11 Å². The number of hydrogen-bond donors (Lipinski definition) is 1. The predicted molar refractivity (Wildman–Crippen MR) is 90.9 cm³/mol. The number of rotatable bonds is 4. The normalized spacial score (nSPS) is 11.1. The molecule has 0 amide bonds. The van der Waals surface area contributed by atoms with Crippen LogP contribution in [0.15, 0.2) is 49.3 Å². The van der Waals surface area contributed by atoms with E-state index in [1.54, 1.807) is 32.7 Å². The molecule has 3 rings (SSSR count). The van der Waals surface area contributed by atoms with Crippen molar-refractivity contribution in [1.82, 2.24) is 24.3 Å². The molecule has 0 saturated carbocycles. The maximum absolute atomic E-state index is 9.66. The van der Waals surface area contributed by atoms with E-state index in [1.807, 2.05) is 35.0 Å². The molecule has 0 saturated heterocycles. The Labute approximate surface area is 140 Å². The summed E-state index contributed by atoms with van der Waals surface area (Å²) in [6.45, 7) is 4.90. The first-order valence-electron chi connectivity index (χ1n) is 7.71. The second kappa shape index (κ2) is 6.69. The number of aromatic nitrogens is 5. The topological polar surface area (TPSA) is 68.8 Å². The van der Waals surface area contributed by atoms with E-state index in [-0.39, 0.29) is 0 Å². The summed E-state index contributed by atoms with van der Waals surface area (Å²) in [4.78, 5) is 4.45. The van der Waals surface area contributed by atoms with Crippen molar-refractivity contribution in [2.45, 2.75) is 32.5 Å². The fourth-order valence-electron chi connectivity index (χ4n) is 2.24. The van der Waals surface area contributed by atoms with Crippen molar-refractivity contribution in [3.8, 4) is 23.2 Å². The number of aliphatic hydroxyl groups is 1. The number of hydrogen-bond acceptors (Lipinski definition) is 4. The van der Waals surface area contributed by atoms with Crippen molar-refractivity contribution in [3.63, 3.8) is 0 Å². The molecule has 0 fully saturated rings. The highest BCUT2D eigenvalue weighted by Crippen LogP contribution is 2.18. The van der Waals surface area contributed by atoms with Gasteiger partial charge in [0.25, 0.3) is 0 Å². The monoisotopic (exact) mass is 321 g/mol. The Kier molecular flexibility index (Phi) is 4.45. The van der Waals surface area contributed by atoms with Gasteiger partial charge in [0.05, 0.1) is 0 Å². The lowest BCUT2D eigenvalue weighted by molar-refractivity contribution is 0.143. The molecular formula is C18H19N5O. The van der Waals surface area contributed by atoms with Gasteiger partial charge in [-0.2, -0.15) is 0 Å². The standard InChI is InChI=1S/C18H19N5O/c1-18(2,24)8-7-15-3-5-16(6-4-15)17-19-9-10-23(17)12-11-22-13-20-21-14-22/h3-6,9-10,13-14,24H,11-12H2,1-2H3. The second-order valence-electron chi connectivity index (χ2n) is 6.03. The van der Waals surface area contributed by atoms with Crippen LogP contribution in [0.4, 0.5) is 0 Å². The summed E-state index contributed by atoms with van der Waals surface area (Å²) in [6, 6.07) is 7.86. The Morgan fingerprint density at radius 1 is 1.08 bits per heavy atom. The Morgan fingerprint density at radius 3 is 2.46 bits per heavy atom. The third kappa shape index (κ3) is 4.09. The highest BCUT2D eigenvalue weighted by Gasteiger charge is 2.07. The third-order valence-electron chi connectivity index (χ3n) is 3.44. The van der Waals surface area contributed by atoms with Crippen LogP contribution in [0.1, 0.15) is 19.4 Å². The zero-order valence-electron chi connectivity index (χ0n) is 13.7. The van der Waals surface area contributed by atoms with Crippen LogP contribution in [0.25, 0.3) is 11.4 Å². The van der Waals surface area contributed by atoms with Gasteiger partial charge in [-0.05, 0) is 26.0 Å². The van der Waals surface area contributed by atoms with Gasteiger partial charge in [0.2, 0.25) is 0 Å². The first kappa shape index (κ1) is 16.0. The van der Waals surface area contributed by atoms with Gasteiger partial charge in [-0.3, -0.25) is 0 Å². The van der Waals surface area contributed by atoms with Crippen molar-refractivity contribution < 1.29 is 5.11 Å². The fraction of sp³-hybridized carbons (Fsp3) is 0.278. The summed E-state index contributed by atoms with van der Waals surface area (Å²) in [7, 11) is 0. The van der Waals surface area contributed by atoms with Gasteiger partial charge in [-0.1, -0.05) is 24.0 Å². The van der Waals surface area contributed by atoms with E-state index in [0.29, 0.717) is 0 Å². The lowest BCUT2D eigenvalue weighted by atomic mass is 10.1. The van der Waals surface area contributed by atoms with Crippen LogP contribution in [0.3, 0.4) is 0 Å². The number of imidazole rings is 1. The molecule has 0 bridgehead atoms. The molecular weight excluding hydrogens is 302 g/mol. The van der Waals surface area contributed by atoms with Gasteiger partial charge in [-0.25, -0.2) is 4.98 Å². The molecule has 3 aromatic rings. The quantitative estimate of drug-likeness (QED) is 0.746. The van der Waals surface area contributed by atoms with E-state index in [1.165, 1.54) is 0 Å². The smallest absolute Gasteiger partial charge is 0.139 e. The number of benzene rings is 1. The van der Waals surface area contributed by atoms with E-state index >= 15 is 0 Å². The molecule has 0 aliphatic carbocycles. The second-order valence-corrected chi connectivity index (χ2v) is 6.03. The SMILES string of the molecule is CC(C)(O)C#Cc1ccc(-c2nccn2CCn2cnnc2)cc1. The van der Waals surface area contributed by atoms with E-state index < -0.39 is 5.60 Å². The van der Waals surface area contributed by atoms with Gasteiger partial charge in [0.15, 0.2) is 0 Å². The zero-order valence-corrected chi connectivity index (χ0v) is 13.7. The number of nitrogens with zero attached hydrogens (tertiary/aromatic N) is 5. The highest BCUT2D eigenvalue weighted by atomic mass is 16.3. The van der Waals surface area contributed by atoms with Gasteiger partial charge >= 0.3 is 0 Å². The minimum absolute atomic E-state index is 0.783. The number of aryl methyl sites for hydroxylation is 2. The predicted octanol–water partition coefficient (Wildman–Crippen LogP) is 1.96. The van der Waals surface area contributed by atoms with Crippen molar-refractivity contribution in [1.29, 1.82) is 0 Å². The van der Waals surface area contributed by atoms with Gasteiger partial charge in [0, 0.05) is 36.6 Å². The van der Waals surface area contributed by atoms with Crippen LogP contribution in [-0.4, -0.2) is 35.0 Å². The minimum atomic E-state index is -0.989. The molecule has 1 aromatic carbocycles. The van der Waals surface area contributed by atoms with Gasteiger partial charge in [0.1, 0.15) is 24.1 Å². The molecule has 0 aliphatic heterocycles. The molecule has 1 N–H and O–H groups in total. The molecule has 0 spiro atoms. The summed E-state index contributed by atoms with van der Waals surface area (Å²) >= 11 is 0. The molecule has 0 aliphatic rings. The first-order valence-corrected chi connectivity index (χ1v) is 7.71. The van der Waals surface area contributed by atoms with Crippen molar-refractivity contribution in [2.24, 2.45) is 0 Å². The van der Waals surface area contributed by atoms with Crippen molar-refractivity contribution >= 4 is 0 Å². The third-order valence-corrected chi connectivity index (χ3v) is 3.44. The molecule has 0 unspecified atom stereocenters. The molecule has 2 heterocycles. The van der Waals surface area contributed by atoms with Crippen LogP contribution in [-0.2, 0) is 13.1 Å². The van der Waals surface area contributed by atoms with Gasteiger partial charge < -0.3 is 14.2 Å². The molecule has 0 atom stereocenters. The van der Waals surface area contributed by atoms with Crippen molar-refractivity contribution in [2.75, 3.05) is 0 Å². The minimum Gasteiger partial charge on any atom is -0.378 e. The maximum atomic E-state index is 9.66. The van der Waals surface area contributed by atoms with Crippen LogP contribution in [0.5, 0.6) is 0 Å². The average molecular weight is 321 g/mol. The molecule has 6 heteroatoms. The van der Waals surface area contributed by atoms with Crippen LogP contribution in [0.2, 0.25) is 0 Å². The highest BCUT2D eigenvalue weighted by molar-refractivity contribution is 5.57. The summed E-state index contributed by atoms with van der Waals surface area (Å²) in [5, 5.41) is 17.3. The van der Waals surface area contributed by atoms with Crippen LogP contribution >= 0.6 is 0 Å². The zero-order chi connectivity index (χ0) is 17.0. The Hall–Kier alpha value is -2.91. The lowest BCUT2D eigenvalue weighted by Crippen LogP contribution is -2.14. The Bertz CT molecular complexity index is 845. The van der Waals surface area contributed by atoms with E-state index in [2.05, 4.69) is 31.6 Å². The Balaban J connectivity index is 1.75. The summed E-state index contributed by atoms with van der Waals surface area (Å²) in [5.41, 5.74) is 0.901. The van der Waals surface area contributed by atoms with Crippen LogP contribution in [0, 0.1) is 11.8 Å². The lowest BCUT2D eigenvalue weighted by Gasteiger charge is -2.08. The van der Waals surface area contributed by atoms with E-state index in [0.717, 1.165) is 30.0 Å². The summed E-state index contributed by atoms with van der Waals surface area (Å²) < 4.78 is 4.02. The molecule has 2 aromatic heterocycles. The van der Waals surface area contributed by atoms with Crippen LogP contribution < -0.4 is 0 Å². The average Bonchev–Trinajstić information content (AvgIpc) is 3.22. The molecule has 0 radical (unpaired) electrons. The molecule has 6 nitrogen and oxygen atoms in total. The molecule has 24 heavy (non-hydrogen) atoms. The van der Waals surface area contributed by atoms with E-state index in [4.69, 9.17) is 0 Å². The first-order chi connectivity index (χ1) is 11.5. The largest absolute Gasteiger partial charge is 0.378 e. The maximum Gasteiger partial charge on any atom is 0.139 e. The summed E-state index contributed by atoms with van der Waals surface area (Å²) in [6.07, 6.45) is 7.16. The van der Waals surface area contributed by atoms with Crippen molar-refractivity contribution in [3.05, 3.63) is 54.9 Å².